The molecule has 0 saturated heterocycles. The number of carboxylic acid groups (broad SMARTS) is 1. The molecular formula is C15H17N3O2S. The highest BCUT2D eigenvalue weighted by Crippen LogP contribution is 2.31. The predicted octanol–water partition coefficient (Wildman–Crippen LogP) is 2.67. The molecule has 110 valence electrons. The molecular weight excluding hydrogens is 286 g/mol. The van der Waals surface area contributed by atoms with Gasteiger partial charge in [-0.15, -0.1) is 11.3 Å². The Morgan fingerprint density at radius 3 is 3.00 bits per heavy atom. The lowest BCUT2D eigenvalue weighted by Gasteiger charge is -2.29. The molecule has 0 spiro atoms. The van der Waals surface area contributed by atoms with Crippen molar-refractivity contribution in [3.05, 3.63) is 34.5 Å². The largest absolute Gasteiger partial charge is 0.478 e. The van der Waals surface area contributed by atoms with Gasteiger partial charge in [0.1, 0.15) is 5.01 Å². The SMILES string of the molecule is CC(C)N1CCc2nc(-c3cc(C(=O)O)ccn3)sc2C1. The van der Waals surface area contributed by atoms with Crippen molar-refractivity contribution < 1.29 is 9.90 Å². The Balaban J connectivity index is 1.92. The molecule has 1 aliphatic rings. The summed E-state index contributed by atoms with van der Waals surface area (Å²) in [4.78, 5) is 23.7. The van der Waals surface area contributed by atoms with Gasteiger partial charge in [-0.05, 0) is 26.0 Å². The van der Waals surface area contributed by atoms with Crippen LogP contribution in [0, 0.1) is 0 Å². The van der Waals surface area contributed by atoms with Crippen LogP contribution >= 0.6 is 11.3 Å². The van der Waals surface area contributed by atoms with E-state index < -0.39 is 5.97 Å². The second-order valence-corrected chi connectivity index (χ2v) is 6.52. The lowest BCUT2D eigenvalue weighted by molar-refractivity contribution is 0.0697. The first-order chi connectivity index (χ1) is 10.0. The van der Waals surface area contributed by atoms with Gasteiger partial charge in [0.2, 0.25) is 0 Å². The van der Waals surface area contributed by atoms with Crippen molar-refractivity contribution >= 4 is 17.3 Å². The highest BCUT2D eigenvalue weighted by Gasteiger charge is 2.23. The molecule has 0 aliphatic carbocycles. The lowest BCUT2D eigenvalue weighted by Crippen LogP contribution is -2.35. The molecule has 2 aromatic rings. The highest BCUT2D eigenvalue weighted by atomic mass is 32.1. The normalized spacial score (nSPS) is 15.2. The van der Waals surface area contributed by atoms with Crippen molar-refractivity contribution in [2.75, 3.05) is 6.54 Å². The molecule has 1 N–H and O–H groups in total. The van der Waals surface area contributed by atoms with Crippen molar-refractivity contribution in [2.24, 2.45) is 0 Å². The van der Waals surface area contributed by atoms with Crippen LogP contribution in [0.2, 0.25) is 0 Å². The van der Waals surface area contributed by atoms with Gasteiger partial charge in [0, 0.05) is 36.6 Å². The van der Waals surface area contributed by atoms with Gasteiger partial charge >= 0.3 is 5.97 Å². The van der Waals surface area contributed by atoms with Crippen LogP contribution in [-0.2, 0) is 13.0 Å². The number of hydrogen-bond donors (Lipinski definition) is 1. The van der Waals surface area contributed by atoms with Gasteiger partial charge in [-0.3, -0.25) is 9.88 Å². The summed E-state index contributed by atoms with van der Waals surface area (Å²) in [5.74, 6) is -0.939. The Labute approximate surface area is 127 Å². The van der Waals surface area contributed by atoms with E-state index >= 15 is 0 Å². The van der Waals surface area contributed by atoms with E-state index in [0.717, 1.165) is 30.2 Å². The van der Waals surface area contributed by atoms with E-state index in [0.29, 0.717) is 11.7 Å². The standard InChI is InChI=1S/C15H17N3O2S/c1-9(2)18-6-4-11-13(8-18)21-14(17-11)12-7-10(15(19)20)3-5-16-12/h3,5,7,9H,4,6,8H2,1-2H3,(H,19,20). The average molecular weight is 303 g/mol. The predicted molar refractivity (Wildman–Crippen MR) is 81.6 cm³/mol. The smallest absolute Gasteiger partial charge is 0.335 e. The summed E-state index contributed by atoms with van der Waals surface area (Å²) in [7, 11) is 0. The Morgan fingerprint density at radius 2 is 2.29 bits per heavy atom. The van der Waals surface area contributed by atoms with Crippen molar-refractivity contribution in [1.82, 2.24) is 14.9 Å². The van der Waals surface area contributed by atoms with Crippen LogP contribution in [-0.4, -0.2) is 38.5 Å². The van der Waals surface area contributed by atoms with Gasteiger partial charge < -0.3 is 5.11 Å². The molecule has 3 rings (SSSR count). The third-order valence-corrected chi connectivity index (χ3v) is 4.82. The zero-order valence-electron chi connectivity index (χ0n) is 12.0. The first-order valence-corrected chi connectivity index (χ1v) is 7.78. The Kier molecular flexibility index (Phi) is 3.73. The number of pyridine rings is 1. The fraction of sp³-hybridized carbons (Fsp3) is 0.400. The van der Waals surface area contributed by atoms with Crippen LogP contribution in [0.5, 0.6) is 0 Å². The third-order valence-electron chi connectivity index (χ3n) is 3.72. The summed E-state index contributed by atoms with van der Waals surface area (Å²) in [5.41, 5.74) is 2.02. The molecule has 3 heterocycles. The van der Waals surface area contributed by atoms with E-state index in [4.69, 9.17) is 5.11 Å². The van der Waals surface area contributed by atoms with Gasteiger partial charge in [0.05, 0.1) is 17.0 Å². The monoisotopic (exact) mass is 303 g/mol. The number of aromatic nitrogens is 2. The van der Waals surface area contributed by atoms with Crippen molar-refractivity contribution in [2.45, 2.75) is 32.9 Å². The fourth-order valence-corrected chi connectivity index (χ4v) is 3.55. The second kappa shape index (κ2) is 5.54. The summed E-state index contributed by atoms with van der Waals surface area (Å²) >= 11 is 1.62. The molecule has 6 heteroatoms. The van der Waals surface area contributed by atoms with E-state index in [2.05, 4.69) is 28.7 Å². The summed E-state index contributed by atoms with van der Waals surface area (Å²) in [5, 5.41) is 9.88. The van der Waals surface area contributed by atoms with E-state index in [-0.39, 0.29) is 5.56 Å². The number of hydrogen-bond acceptors (Lipinski definition) is 5. The third kappa shape index (κ3) is 2.82. The van der Waals surface area contributed by atoms with Crippen LogP contribution in [0.4, 0.5) is 0 Å². The molecule has 0 aromatic carbocycles. The number of carbonyl (C=O) groups is 1. The molecule has 1 aliphatic heterocycles. The van der Waals surface area contributed by atoms with Gasteiger partial charge in [-0.25, -0.2) is 9.78 Å². The van der Waals surface area contributed by atoms with Crippen LogP contribution in [0.25, 0.3) is 10.7 Å². The summed E-state index contributed by atoms with van der Waals surface area (Å²) in [6, 6.07) is 3.62. The minimum absolute atomic E-state index is 0.247. The molecule has 0 saturated carbocycles. The fourth-order valence-electron chi connectivity index (χ4n) is 2.45. The second-order valence-electron chi connectivity index (χ2n) is 5.44. The molecule has 0 bridgehead atoms. The van der Waals surface area contributed by atoms with Crippen LogP contribution in [0.1, 0.15) is 34.8 Å². The van der Waals surface area contributed by atoms with Crippen molar-refractivity contribution in [1.29, 1.82) is 0 Å². The average Bonchev–Trinajstić information content (AvgIpc) is 2.90. The molecule has 0 fully saturated rings. The zero-order chi connectivity index (χ0) is 15.0. The number of thiazole rings is 1. The topological polar surface area (TPSA) is 66.3 Å². The minimum atomic E-state index is -0.939. The molecule has 2 aromatic heterocycles. The summed E-state index contributed by atoms with van der Waals surface area (Å²) < 4.78 is 0. The number of fused-ring (bicyclic) bond motifs is 1. The highest BCUT2D eigenvalue weighted by molar-refractivity contribution is 7.15. The van der Waals surface area contributed by atoms with Gasteiger partial charge in [0.15, 0.2) is 0 Å². The lowest BCUT2D eigenvalue weighted by atomic mass is 10.1. The molecule has 0 amide bonds. The van der Waals surface area contributed by atoms with Crippen LogP contribution in [0.15, 0.2) is 18.3 Å². The Morgan fingerprint density at radius 1 is 1.48 bits per heavy atom. The van der Waals surface area contributed by atoms with E-state index in [1.54, 1.807) is 17.4 Å². The van der Waals surface area contributed by atoms with Crippen molar-refractivity contribution in [3.63, 3.8) is 0 Å². The number of rotatable bonds is 3. The quantitative estimate of drug-likeness (QED) is 0.944. The summed E-state index contributed by atoms with van der Waals surface area (Å²) in [6.07, 6.45) is 2.47. The maximum absolute atomic E-state index is 11.0. The number of aromatic carboxylic acids is 1. The van der Waals surface area contributed by atoms with Crippen LogP contribution < -0.4 is 0 Å². The molecule has 0 radical (unpaired) electrons. The first kappa shape index (κ1) is 14.2. The van der Waals surface area contributed by atoms with E-state index in [9.17, 15) is 4.79 Å². The Hall–Kier alpha value is -1.79. The van der Waals surface area contributed by atoms with Gasteiger partial charge in [-0.1, -0.05) is 0 Å². The zero-order valence-corrected chi connectivity index (χ0v) is 12.9. The van der Waals surface area contributed by atoms with Crippen LogP contribution in [0.3, 0.4) is 0 Å². The van der Waals surface area contributed by atoms with E-state index in [1.807, 2.05) is 0 Å². The number of carboxylic acids is 1. The molecule has 0 atom stereocenters. The van der Waals surface area contributed by atoms with Gasteiger partial charge in [-0.2, -0.15) is 0 Å². The maximum Gasteiger partial charge on any atom is 0.335 e. The van der Waals surface area contributed by atoms with Crippen molar-refractivity contribution in [3.8, 4) is 10.7 Å². The minimum Gasteiger partial charge on any atom is -0.478 e. The molecule has 21 heavy (non-hydrogen) atoms. The molecule has 0 unspecified atom stereocenters. The first-order valence-electron chi connectivity index (χ1n) is 6.97. The maximum atomic E-state index is 11.0. The Bertz CT molecular complexity index is 681. The van der Waals surface area contributed by atoms with E-state index in [1.165, 1.54) is 17.1 Å². The van der Waals surface area contributed by atoms with Gasteiger partial charge in [0.25, 0.3) is 0 Å². The molecule has 5 nitrogen and oxygen atoms in total. The number of nitrogens with zero attached hydrogens (tertiary/aromatic N) is 3. The summed E-state index contributed by atoms with van der Waals surface area (Å²) in [6.45, 7) is 6.34.